The second-order valence-corrected chi connectivity index (χ2v) is 8.78. The van der Waals surface area contributed by atoms with Gasteiger partial charge >= 0.3 is 11.8 Å². The minimum absolute atomic E-state index is 0.168. The van der Waals surface area contributed by atoms with E-state index in [1.807, 2.05) is 37.3 Å². The summed E-state index contributed by atoms with van der Waals surface area (Å²) in [6.07, 6.45) is 4.22. The zero-order valence-electron chi connectivity index (χ0n) is 21.2. The molecule has 10 heteroatoms. The van der Waals surface area contributed by atoms with Gasteiger partial charge in [0.25, 0.3) is 5.89 Å². The van der Waals surface area contributed by atoms with E-state index in [0.29, 0.717) is 36.6 Å². The highest BCUT2D eigenvalue weighted by molar-refractivity contribution is 6.34. The van der Waals surface area contributed by atoms with Gasteiger partial charge in [-0.2, -0.15) is 0 Å². The van der Waals surface area contributed by atoms with Crippen LogP contribution in [0.25, 0.3) is 22.4 Å². The van der Waals surface area contributed by atoms with Crippen LogP contribution in [0.2, 0.25) is 0 Å². The molecule has 0 aliphatic rings. The molecule has 0 fully saturated rings. The summed E-state index contributed by atoms with van der Waals surface area (Å²) in [5.41, 5.74) is 1.35. The van der Waals surface area contributed by atoms with E-state index in [4.69, 9.17) is 9.15 Å². The summed E-state index contributed by atoms with van der Waals surface area (Å²) in [6, 6.07) is 9.53. The number of nitrogens with one attached hydrogen (secondary N) is 1. The van der Waals surface area contributed by atoms with Gasteiger partial charge in [0, 0.05) is 38.9 Å². The number of hydrogen-bond donors (Lipinski definition) is 1. The summed E-state index contributed by atoms with van der Waals surface area (Å²) in [7, 11) is 4.57. The molecule has 2 aromatic heterocycles. The maximum atomic E-state index is 12.2. The van der Waals surface area contributed by atoms with E-state index in [1.54, 1.807) is 0 Å². The SMILES string of the molecule is CCC(=O)CCCCCC(CNC(=O)C(=O)N(C)C)c1nnc(-c2cc3ccccc3nc2OC)o1. The average molecular weight is 496 g/mol. The first-order valence-electron chi connectivity index (χ1n) is 12.1. The van der Waals surface area contributed by atoms with Crippen molar-refractivity contribution in [1.29, 1.82) is 0 Å². The number of ether oxygens (including phenoxy) is 1. The van der Waals surface area contributed by atoms with Crippen LogP contribution >= 0.6 is 0 Å². The Morgan fingerprint density at radius 3 is 2.61 bits per heavy atom. The molecule has 0 saturated heterocycles. The van der Waals surface area contributed by atoms with Crippen molar-refractivity contribution in [3.05, 3.63) is 36.2 Å². The minimum Gasteiger partial charge on any atom is -0.480 e. The maximum Gasteiger partial charge on any atom is 0.311 e. The lowest BCUT2D eigenvalue weighted by Crippen LogP contribution is -2.40. The monoisotopic (exact) mass is 495 g/mol. The molecule has 1 unspecified atom stereocenters. The summed E-state index contributed by atoms with van der Waals surface area (Å²) in [5, 5.41) is 12.0. The fourth-order valence-electron chi connectivity index (χ4n) is 3.79. The van der Waals surface area contributed by atoms with Crippen LogP contribution in [0.3, 0.4) is 0 Å². The smallest absolute Gasteiger partial charge is 0.311 e. The van der Waals surface area contributed by atoms with E-state index in [1.165, 1.54) is 26.1 Å². The molecule has 36 heavy (non-hydrogen) atoms. The Morgan fingerprint density at radius 2 is 1.89 bits per heavy atom. The number of Topliss-reactive ketones (excluding diaryl/α,β-unsaturated/α-hetero) is 1. The molecular formula is C26H33N5O5. The molecule has 0 saturated carbocycles. The first-order chi connectivity index (χ1) is 17.3. The summed E-state index contributed by atoms with van der Waals surface area (Å²) >= 11 is 0. The molecule has 0 bridgehead atoms. The molecule has 0 aliphatic carbocycles. The zero-order chi connectivity index (χ0) is 26.1. The molecule has 1 atom stereocenters. The fourth-order valence-corrected chi connectivity index (χ4v) is 3.79. The standard InChI is InChI=1S/C26H33N5O5/c1-5-19(32)13-8-6-7-12-18(16-27-22(33)26(34)31(2)3)23-29-30-25(36-23)20-15-17-11-9-10-14-21(17)28-24(20)35-4/h9-11,14-15,18H,5-8,12-13,16H2,1-4H3,(H,27,33). The summed E-state index contributed by atoms with van der Waals surface area (Å²) in [6.45, 7) is 2.03. The van der Waals surface area contributed by atoms with Gasteiger partial charge in [-0.1, -0.05) is 38.0 Å². The van der Waals surface area contributed by atoms with E-state index < -0.39 is 11.8 Å². The fraction of sp³-hybridized carbons (Fsp3) is 0.462. The number of fused-ring (bicyclic) bond motifs is 1. The van der Waals surface area contributed by atoms with Crippen molar-refractivity contribution in [2.75, 3.05) is 27.7 Å². The third-order valence-corrected chi connectivity index (χ3v) is 5.91. The number of unbranched alkanes of at least 4 members (excludes halogenated alkanes) is 2. The van der Waals surface area contributed by atoms with Crippen molar-refractivity contribution in [1.82, 2.24) is 25.4 Å². The average Bonchev–Trinajstić information content (AvgIpc) is 3.38. The molecule has 2 heterocycles. The number of benzene rings is 1. The van der Waals surface area contributed by atoms with Gasteiger partial charge in [0.1, 0.15) is 11.3 Å². The second kappa shape index (κ2) is 12.8. The number of carbonyl (C=O) groups is 3. The lowest BCUT2D eigenvalue weighted by molar-refractivity contribution is -0.144. The molecule has 192 valence electrons. The third-order valence-electron chi connectivity index (χ3n) is 5.91. The first-order valence-corrected chi connectivity index (χ1v) is 12.1. The number of aromatic nitrogens is 3. The Hall–Kier alpha value is -3.82. The number of rotatable bonds is 12. The highest BCUT2D eigenvalue weighted by atomic mass is 16.5. The van der Waals surface area contributed by atoms with E-state index in [0.717, 1.165) is 30.2 Å². The number of amides is 2. The molecule has 1 N–H and O–H groups in total. The summed E-state index contributed by atoms with van der Waals surface area (Å²) < 4.78 is 11.5. The van der Waals surface area contributed by atoms with Crippen LogP contribution in [0.4, 0.5) is 0 Å². The van der Waals surface area contributed by atoms with Gasteiger partial charge in [0.05, 0.1) is 18.5 Å². The highest BCUT2D eigenvalue weighted by Crippen LogP contribution is 2.32. The van der Waals surface area contributed by atoms with Crippen molar-refractivity contribution in [2.45, 2.75) is 51.4 Å². The van der Waals surface area contributed by atoms with Gasteiger partial charge in [-0.05, 0) is 25.0 Å². The van der Waals surface area contributed by atoms with Gasteiger partial charge in [0.15, 0.2) is 0 Å². The Bertz CT molecular complexity index is 1210. The second-order valence-electron chi connectivity index (χ2n) is 8.78. The number of hydrogen-bond acceptors (Lipinski definition) is 8. The van der Waals surface area contributed by atoms with Gasteiger partial charge in [-0.3, -0.25) is 14.4 Å². The number of carbonyl (C=O) groups excluding carboxylic acids is 3. The van der Waals surface area contributed by atoms with Crippen LogP contribution in [0.1, 0.15) is 57.3 Å². The zero-order valence-corrected chi connectivity index (χ0v) is 21.2. The summed E-state index contributed by atoms with van der Waals surface area (Å²) in [5.74, 6) is -0.404. The normalized spacial score (nSPS) is 11.8. The molecular weight excluding hydrogens is 462 g/mol. The first kappa shape index (κ1) is 26.8. The van der Waals surface area contributed by atoms with Gasteiger partial charge in [0.2, 0.25) is 11.8 Å². The van der Waals surface area contributed by atoms with Crippen LogP contribution in [0.5, 0.6) is 5.88 Å². The maximum absolute atomic E-state index is 12.2. The van der Waals surface area contributed by atoms with Crippen molar-refractivity contribution in [3.8, 4) is 17.3 Å². The minimum atomic E-state index is -0.696. The number of likely N-dealkylation sites (N-methyl/N-ethyl adjacent to an activating group) is 1. The predicted octanol–water partition coefficient (Wildman–Crippen LogP) is 3.51. The summed E-state index contributed by atoms with van der Waals surface area (Å²) in [4.78, 5) is 41.5. The number of methoxy groups -OCH3 is 1. The van der Waals surface area contributed by atoms with Crippen molar-refractivity contribution in [2.24, 2.45) is 0 Å². The van der Waals surface area contributed by atoms with Crippen molar-refractivity contribution in [3.63, 3.8) is 0 Å². The largest absolute Gasteiger partial charge is 0.480 e. The quantitative estimate of drug-likeness (QED) is 0.299. The van der Waals surface area contributed by atoms with E-state index in [-0.39, 0.29) is 24.1 Å². The topological polar surface area (TPSA) is 128 Å². The Balaban J connectivity index is 1.78. The van der Waals surface area contributed by atoms with Crippen LogP contribution in [0, 0.1) is 0 Å². The Morgan fingerprint density at radius 1 is 1.11 bits per heavy atom. The number of nitrogens with zero attached hydrogens (tertiary/aromatic N) is 4. The highest BCUT2D eigenvalue weighted by Gasteiger charge is 2.24. The van der Waals surface area contributed by atoms with Crippen LogP contribution < -0.4 is 10.1 Å². The van der Waals surface area contributed by atoms with E-state index in [9.17, 15) is 14.4 Å². The van der Waals surface area contributed by atoms with E-state index in [2.05, 4.69) is 20.5 Å². The van der Waals surface area contributed by atoms with Gasteiger partial charge in [-0.15, -0.1) is 10.2 Å². The molecule has 3 aromatic rings. The van der Waals surface area contributed by atoms with Crippen LogP contribution in [0.15, 0.2) is 34.7 Å². The van der Waals surface area contributed by atoms with Gasteiger partial charge in [-0.25, -0.2) is 4.98 Å². The Labute approximate surface area is 210 Å². The van der Waals surface area contributed by atoms with E-state index >= 15 is 0 Å². The molecule has 1 aromatic carbocycles. The lowest BCUT2D eigenvalue weighted by Gasteiger charge is -2.15. The predicted molar refractivity (Wildman–Crippen MR) is 134 cm³/mol. The Kier molecular flexibility index (Phi) is 9.49. The van der Waals surface area contributed by atoms with Gasteiger partial charge < -0.3 is 19.4 Å². The molecule has 0 radical (unpaired) electrons. The lowest BCUT2D eigenvalue weighted by atomic mass is 9.99. The molecule has 3 rings (SSSR count). The number of para-hydroxylation sites is 1. The van der Waals surface area contributed by atoms with Crippen molar-refractivity contribution < 1.29 is 23.5 Å². The molecule has 0 spiro atoms. The van der Waals surface area contributed by atoms with Crippen LogP contribution in [-0.2, 0) is 14.4 Å². The van der Waals surface area contributed by atoms with Crippen molar-refractivity contribution >= 4 is 28.5 Å². The molecule has 0 aliphatic heterocycles. The molecule has 10 nitrogen and oxygen atoms in total. The number of pyridine rings is 1. The van der Waals surface area contributed by atoms with Crippen LogP contribution in [-0.4, -0.2) is 65.4 Å². The molecule has 2 amide bonds. The third kappa shape index (κ3) is 6.87. The number of ketones is 1.